The van der Waals surface area contributed by atoms with Gasteiger partial charge in [0.1, 0.15) is 29.4 Å². The fraction of sp³-hybridized carbons (Fsp3) is 0.292. The first-order chi connectivity index (χ1) is 13.9. The van der Waals surface area contributed by atoms with Gasteiger partial charge in [0.05, 0.1) is 0 Å². The highest BCUT2D eigenvalue weighted by Crippen LogP contribution is 2.40. The van der Waals surface area contributed by atoms with Crippen molar-refractivity contribution in [1.29, 1.82) is 15.8 Å². The van der Waals surface area contributed by atoms with Crippen LogP contribution < -0.4 is 0 Å². The highest BCUT2D eigenvalue weighted by atomic mass is 16.5. The average molecular weight is 382 g/mol. The predicted octanol–water partition coefficient (Wildman–Crippen LogP) is 4.85. The molecule has 0 saturated carbocycles. The molecule has 0 saturated heterocycles. The minimum Gasteiger partial charge on any atom is -0.480 e. The van der Waals surface area contributed by atoms with Crippen LogP contribution in [0.25, 0.3) is 0 Å². The SMILES string of the molecule is CN1C=CC2=C(/C=C/C=C/C3=C(C#N)C(=C(C#N)C#N)OC3(C)C)CCCC2=C1. The van der Waals surface area contributed by atoms with Crippen molar-refractivity contribution < 1.29 is 4.74 Å². The van der Waals surface area contributed by atoms with Crippen molar-refractivity contribution >= 4 is 0 Å². The number of hydrogen-bond donors (Lipinski definition) is 0. The molecule has 3 rings (SSSR count). The summed E-state index contributed by atoms with van der Waals surface area (Å²) in [5.41, 5.74) is 3.87. The maximum atomic E-state index is 9.57. The molecule has 29 heavy (non-hydrogen) atoms. The fourth-order valence-corrected chi connectivity index (χ4v) is 3.75. The fourth-order valence-electron chi connectivity index (χ4n) is 3.75. The molecule has 3 aliphatic rings. The van der Waals surface area contributed by atoms with Crippen molar-refractivity contribution in [3.63, 3.8) is 0 Å². The van der Waals surface area contributed by atoms with Crippen LogP contribution in [0.15, 0.2) is 82.0 Å². The van der Waals surface area contributed by atoms with Gasteiger partial charge in [0.2, 0.25) is 0 Å². The second-order valence-electron chi connectivity index (χ2n) is 7.59. The quantitative estimate of drug-likeness (QED) is 0.514. The summed E-state index contributed by atoms with van der Waals surface area (Å²) in [6, 6.07) is 5.70. The summed E-state index contributed by atoms with van der Waals surface area (Å²) in [5, 5.41) is 27.8. The molecule has 5 nitrogen and oxygen atoms in total. The summed E-state index contributed by atoms with van der Waals surface area (Å²) >= 11 is 0. The van der Waals surface area contributed by atoms with Crippen LogP contribution in [0.5, 0.6) is 0 Å². The summed E-state index contributed by atoms with van der Waals surface area (Å²) in [6.45, 7) is 3.64. The molecule has 0 aromatic heterocycles. The lowest BCUT2D eigenvalue weighted by atomic mass is 9.86. The Morgan fingerprint density at radius 3 is 2.55 bits per heavy atom. The number of ether oxygens (including phenoxy) is 1. The Bertz CT molecular complexity index is 1050. The molecule has 0 amide bonds. The summed E-state index contributed by atoms with van der Waals surface area (Å²) in [7, 11) is 2.03. The third-order valence-electron chi connectivity index (χ3n) is 5.16. The third-order valence-corrected chi connectivity index (χ3v) is 5.16. The van der Waals surface area contributed by atoms with Gasteiger partial charge in [-0.3, -0.25) is 0 Å². The summed E-state index contributed by atoms with van der Waals surface area (Å²) in [5.74, 6) is 0.0644. The maximum absolute atomic E-state index is 9.57. The van der Waals surface area contributed by atoms with Crippen LogP contribution >= 0.6 is 0 Å². The van der Waals surface area contributed by atoms with Crippen LogP contribution in [0.4, 0.5) is 0 Å². The standard InChI is InChI=1S/C24H22N4O/c1-24(2)22(21(15-27)23(29-24)19(13-25)14-26)10-5-4-7-17-8-6-9-18-16-28(3)12-11-20(17)18/h4-5,7,10-12,16H,6,8-9H2,1-3H3/b7-4+,10-5+. The van der Waals surface area contributed by atoms with E-state index in [4.69, 9.17) is 15.3 Å². The van der Waals surface area contributed by atoms with Crippen LogP contribution in [-0.4, -0.2) is 17.5 Å². The first-order valence-electron chi connectivity index (χ1n) is 9.49. The number of allylic oxidation sites excluding steroid dienone is 9. The van der Waals surface area contributed by atoms with Crippen LogP contribution in [0.2, 0.25) is 0 Å². The lowest BCUT2D eigenvalue weighted by Crippen LogP contribution is -2.20. The largest absolute Gasteiger partial charge is 0.480 e. The van der Waals surface area contributed by atoms with Gasteiger partial charge in [-0.05, 0) is 55.9 Å². The molecule has 0 unspecified atom stereocenters. The Labute approximate surface area is 171 Å². The summed E-state index contributed by atoms with van der Waals surface area (Å²) in [6.07, 6.45) is 17.4. The molecule has 0 aromatic carbocycles. The first kappa shape index (κ1) is 20.0. The Hall–Kier alpha value is -3.75. The lowest BCUT2D eigenvalue weighted by molar-refractivity contribution is 0.0954. The number of fused-ring (bicyclic) bond motifs is 1. The zero-order chi connectivity index (χ0) is 21.0. The van der Waals surface area contributed by atoms with Crippen LogP contribution in [-0.2, 0) is 4.74 Å². The minimum atomic E-state index is -0.789. The van der Waals surface area contributed by atoms with E-state index in [-0.39, 0.29) is 16.9 Å². The van der Waals surface area contributed by atoms with Gasteiger partial charge in [-0.2, -0.15) is 15.8 Å². The smallest absolute Gasteiger partial charge is 0.172 e. The number of hydrogen-bond acceptors (Lipinski definition) is 5. The molecule has 1 aliphatic carbocycles. The molecule has 0 N–H and O–H groups in total. The van der Waals surface area contributed by atoms with E-state index in [1.165, 1.54) is 16.7 Å². The lowest BCUT2D eigenvalue weighted by Gasteiger charge is -2.25. The molecule has 5 heteroatoms. The Morgan fingerprint density at radius 1 is 1.14 bits per heavy atom. The van der Waals surface area contributed by atoms with Crippen molar-refractivity contribution in [1.82, 2.24) is 4.90 Å². The number of rotatable bonds is 3. The van der Waals surface area contributed by atoms with Gasteiger partial charge in [-0.15, -0.1) is 0 Å². The van der Waals surface area contributed by atoms with Gasteiger partial charge in [0.25, 0.3) is 0 Å². The molecule has 0 aromatic rings. The summed E-state index contributed by atoms with van der Waals surface area (Å²) < 4.78 is 5.77. The Kier molecular flexibility index (Phi) is 5.58. The Morgan fingerprint density at radius 2 is 1.86 bits per heavy atom. The maximum Gasteiger partial charge on any atom is 0.172 e. The molecule has 2 aliphatic heterocycles. The molecule has 144 valence electrons. The number of nitrogens with zero attached hydrogens (tertiary/aromatic N) is 4. The normalized spacial score (nSPS) is 20.3. The topological polar surface area (TPSA) is 83.8 Å². The highest BCUT2D eigenvalue weighted by Gasteiger charge is 2.38. The van der Waals surface area contributed by atoms with Gasteiger partial charge >= 0.3 is 0 Å². The van der Waals surface area contributed by atoms with E-state index in [0.29, 0.717) is 5.57 Å². The second-order valence-corrected chi connectivity index (χ2v) is 7.59. The van der Waals surface area contributed by atoms with Gasteiger partial charge in [-0.25, -0.2) is 0 Å². The van der Waals surface area contributed by atoms with E-state index in [1.54, 1.807) is 12.1 Å². The van der Waals surface area contributed by atoms with Gasteiger partial charge in [-0.1, -0.05) is 24.3 Å². The van der Waals surface area contributed by atoms with E-state index in [2.05, 4.69) is 35.5 Å². The molecule has 2 heterocycles. The second kappa shape index (κ2) is 8.09. The predicted molar refractivity (Wildman–Crippen MR) is 110 cm³/mol. The van der Waals surface area contributed by atoms with Crippen molar-refractivity contribution in [3.05, 3.63) is 82.0 Å². The molecule has 0 bridgehead atoms. The highest BCUT2D eigenvalue weighted by molar-refractivity contribution is 5.60. The van der Waals surface area contributed by atoms with Crippen molar-refractivity contribution in [2.75, 3.05) is 7.05 Å². The van der Waals surface area contributed by atoms with Gasteiger partial charge in [0, 0.05) is 25.0 Å². The molecule has 0 atom stereocenters. The van der Waals surface area contributed by atoms with Crippen molar-refractivity contribution in [2.45, 2.75) is 38.7 Å². The summed E-state index contributed by atoms with van der Waals surface area (Å²) in [4.78, 5) is 2.07. The molecule has 0 spiro atoms. The van der Waals surface area contributed by atoms with Crippen molar-refractivity contribution in [3.8, 4) is 18.2 Å². The van der Waals surface area contributed by atoms with Gasteiger partial charge < -0.3 is 9.64 Å². The van der Waals surface area contributed by atoms with E-state index in [9.17, 15) is 5.26 Å². The van der Waals surface area contributed by atoms with Crippen LogP contribution in [0.3, 0.4) is 0 Å². The van der Waals surface area contributed by atoms with Crippen LogP contribution in [0, 0.1) is 34.0 Å². The van der Waals surface area contributed by atoms with Gasteiger partial charge in [0.15, 0.2) is 11.3 Å². The van der Waals surface area contributed by atoms with Crippen LogP contribution in [0.1, 0.15) is 33.1 Å². The van der Waals surface area contributed by atoms with E-state index < -0.39 is 5.60 Å². The zero-order valence-electron chi connectivity index (χ0n) is 16.9. The first-order valence-corrected chi connectivity index (χ1v) is 9.49. The van der Waals surface area contributed by atoms with E-state index in [0.717, 1.165) is 19.3 Å². The minimum absolute atomic E-state index is 0.0644. The third kappa shape index (κ3) is 3.93. The molecule has 0 radical (unpaired) electrons. The molecular formula is C24H22N4O. The zero-order valence-corrected chi connectivity index (χ0v) is 16.9. The Balaban J connectivity index is 1.91. The molecular weight excluding hydrogens is 360 g/mol. The monoisotopic (exact) mass is 382 g/mol. The molecule has 0 fully saturated rings. The number of nitriles is 3. The van der Waals surface area contributed by atoms with E-state index in [1.807, 2.05) is 39.1 Å². The average Bonchev–Trinajstić information content (AvgIpc) is 2.95. The van der Waals surface area contributed by atoms with Crippen molar-refractivity contribution in [2.24, 2.45) is 0 Å². The van der Waals surface area contributed by atoms with E-state index >= 15 is 0 Å².